The van der Waals surface area contributed by atoms with Crippen LogP contribution in [0.5, 0.6) is 11.5 Å². The molecule has 1 aliphatic rings. The monoisotopic (exact) mass is 340 g/mol. The third-order valence-electron chi connectivity index (χ3n) is 4.24. The number of methoxy groups -OCH3 is 2. The number of carbonyl (C=O) groups excluding carboxylic acids is 2. The van der Waals surface area contributed by atoms with Gasteiger partial charge in [0.05, 0.1) is 20.6 Å². The van der Waals surface area contributed by atoms with Crippen LogP contribution in [0.25, 0.3) is 0 Å². The molecular formula is C19H20N2O4. The molecule has 0 bridgehead atoms. The first kappa shape index (κ1) is 16.8. The Kier molecular flexibility index (Phi) is 4.61. The van der Waals surface area contributed by atoms with Crippen molar-refractivity contribution >= 4 is 23.2 Å². The zero-order valence-electron chi connectivity index (χ0n) is 14.5. The third kappa shape index (κ3) is 3.03. The molecule has 0 saturated heterocycles. The van der Waals surface area contributed by atoms with Gasteiger partial charge in [0.2, 0.25) is 5.91 Å². The first-order chi connectivity index (χ1) is 12.1. The van der Waals surface area contributed by atoms with Crippen molar-refractivity contribution in [2.45, 2.75) is 13.3 Å². The lowest BCUT2D eigenvalue weighted by molar-refractivity contribution is -0.117. The van der Waals surface area contributed by atoms with Crippen molar-refractivity contribution in [3.05, 3.63) is 47.5 Å². The smallest absolute Gasteiger partial charge is 0.263 e. The molecule has 0 aliphatic carbocycles. The second-order valence-corrected chi connectivity index (χ2v) is 5.65. The molecule has 2 amide bonds. The van der Waals surface area contributed by atoms with Gasteiger partial charge in [-0.15, -0.1) is 0 Å². The summed E-state index contributed by atoms with van der Waals surface area (Å²) in [6, 6.07) is 10.7. The first-order valence-electron chi connectivity index (χ1n) is 8.04. The standard InChI is InChI=1S/C19H20N2O4/c1-4-21-14-9-8-13(10-12(14)11-17(21)22)20-19(23)18-15(24-2)6-5-7-16(18)25-3/h5-10H,4,11H2,1-3H3,(H,20,23). The molecule has 0 atom stereocenters. The van der Waals surface area contributed by atoms with Gasteiger partial charge >= 0.3 is 0 Å². The molecule has 1 heterocycles. The molecule has 0 unspecified atom stereocenters. The minimum atomic E-state index is -0.328. The maximum absolute atomic E-state index is 12.7. The molecular weight excluding hydrogens is 320 g/mol. The van der Waals surface area contributed by atoms with Crippen LogP contribution in [0, 0.1) is 0 Å². The highest BCUT2D eigenvalue weighted by Gasteiger charge is 2.26. The second kappa shape index (κ2) is 6.84. The van der Waals surface area contributed by atoms with Gasteiger partial charge in [-0.1, -0.05) is 6.07 Å². The molecule has 0 radical (unpaired) electrons. The first-order valence-corrected chi connectivity index (χ1v) is 8.04. The van der Waals surface area contributed by atoms with Crippen LogP contribution in [0.4, 0.5) is 11.4 Å². The lowest BCUT2D eigenvalue weighted by Gasteiger charge is -2.15. The summed E-state index contributed by atoms with van der Waals surface area (Å²) >= 11 is 0. The Bertz CT molecular complexity index is 810. The molecule has 1 N–H and O–H groups in total. The molecule has 130 valence electrons. The van der Waals surface area contributed by atoms with Crippen LogP contribution in [0.1, 0.15) is 22.8 Å². The maximum Gasteiger partial charge on any atom is 0.263 e. The number of nitrogens with one attached hydrogen (secondary N) is 1. The van der Waals surface area contributed by atoms with E-state index in [9.17, 15) is 9.59 Å². The highest BCUT2D eigenvalue weighted by molar-refractivity contribution is 6.09. The predicted molar refractivity (Wildman–Crippen MR) is 95.7 cm³/mol. The summed E-state index contributed by atoms with van der Waals surface area (Å²) < 4.78 is 10.5. The minimum absolute atomic E-state index is 0.0763. The molecule has 6 nitrogen and oxygen atoms in total. The maximum atomic E-state index is 12.7. The fourth-order valence-electron chi connectivity index (χ4n) is 3.08. The number of amides is 2. The summed E-state index contributed by atoms with van der Waals surface area (Å²) in [4.78, 5) is 26.4. The van der Waals surface area contributed by atoms with E-state index >= 15 is 0 Å². The number of fused-ring (bicyclic) bond motifs is 1. The average Bonchev–Trinajstić information content (AvgIpc) is 2.94. The SMILES string of the molecule is CCN1C(=O)Cc2cc(NC(=O)c3c(OC)cccc3OC)ccc21. The van der Waals surface area contributed by atoms with Crippen LogP contribution in [0.2, 0.25) is 0 Å². The zero-order chi connectivity index (χ0) is 18.0. The van der Waals surface area contributed by atoms with E-state index in [0.717, 1.165) is 11.3 Å². The summed E-state index contributed by atoms with van der Waals surface area (Å²) in [5, 5.41) is 2.86. The van der Waals surface area contributed by atoms with Crippen LogP contribution >= 0.6 is 0 Å². The Balaban J connectivity index is 1.88. The van der Waals surface area contributed by atoms with E-state index in [2.05, 4.69) is 5.32 Å². The summed E-state index contributed by atoms with van der Waals surface area (Å²) in [5.74, 6) is 0.619. The van der Waals surface area contributed by atoms with E-state index in [4.69, 9.17) is 9.47 Å². The largest absolute Gasteiger partial charge is 0.496 e. The van der Waals surface area contributed by atoms with Crippen molar-refractivity contribution in [2.24, 2.45) is 0 Å². The van der Waals surface area contributed by atoms with Gasteiger partial charge in [0, 0.05) is 17.9 Å². The van der Waals surface area contributed by atoms with E-state index in [1.807, 2.05) is 19.1 Å². The van der Waals surface area contributed by atoms with Crippen LogP contribution in [0.3, 0.4) is 0 Å². The number of carbonyl (C=O) groups is 2. The molecule has 2 aromatic carbocycles. The topological polar surface area (TPSA) is 67.9 Å². The zero-order valence-corrected chi connectivity index (χ0v) is 14.5. The van der Waals surface area contributed by atoms with Gasteiger partial charge in [0.1, 0.15) is 17.1 Å². The van der Waals surface area contributed by atoms with Gasteiger partial charge < -0.3 is 19.7 Å². The van der Waals surface area contributed by atoms with Crippen molar-refractivity contribution in [2.75, 3.05) is 31.0 Å². The molecule has 0 fully saturated rings. The van der Waals surface area contributed by atoms with Crippen molar-refractivity contribution in [1.82, 2.24) is 0 Å². The van der Waals surface area contributed by atoms with E-state index in [1.54, 1.807) is 29.2 Å². The number of hydrogen-bond acceptors (Lipinski definition) is 4. The van der Waals surface area contributed by atoms with Gasteiger partial charge in [-0.3, -0.25) is 9.59 Å². The quantitative estimate of drug-likeness (QED) is 0.909. The van der Waals surface area contributed by atoms with Gasteiger partial charge in [-0.05, 0) is 42.8 Å². The van der Waals surface area contributed by atoms with Crippen LogP contribution in [-0.4, -0.2) is 32.6 Å². The Hall–Kier alpha value is -3.02. The number of rotatable bonds is 5. The Morgan fingerprint density at radius 3 is 2.44 bits per heavy atom. The number of nitrogens with zero attached hydrogens (tertiary/aromatic N) is 1. The molecule has 25 heavy (non-hydrogen) atoms. The van der Waals surface area contributed by atoms with Crippen molar-refractivity contribution in [1.29, 1.82) is 0 Å². The highest BCUT2D eigenvalue weighted by atomic mass is 16.5. The molecule has 1 aliphatic heterocycles. The molecule has 0 aromatic heterocycles. The lowest BCUT2D eigenvalue weighted by atomic mass is 10.1. The average molecular weight is 340 g/mol. The van der Waals surface area contributed by atoms with E-state index in [1.165, 1.54) is 14.2 Å². The van der Waals surface area contributed by atoms with Crippen molar-refractivity contribution in [3.63, 3.8) is 0 Å². The summed E-state index contributed by atoms with van der Waals surface area (Å²) in [5.41, 5.74) is 2.78. The van der Waals surface area contributed by atoms with Crippen molar-refractivity contribution in [3.8, 4) is 11.5 Å². The summed E-state index contributed by atoms with van der Waals surface area (Å²) in [7, 11) is 3.01. The van der Waals surface area contributed by atoms with Gasteiger partial charge in [-0.25, -0.2) is 0 Å². The fraction of sp³-hybridized carbons (Fsp3) is 0.263. The lowest BCUT2D eigenvalue weighted by Crippen LogP contribution is -2.25. The molecule has 0 spiro atoms. The van der Waals surface area contributed by atoms with E-state index in [0.29, 0.717) is 35.7 Å². The summed E-state index contributed by atoms with van der Waals surface area (Å²) in [6.07, 6.45) is 0.352. The normalized spacial score (nSPS) is 12.8. The highest BCUT2D eigenvalue weighted by Crippen LogP contribution is 2.32. The van der Waals surface area contributed by atoms with Gasteiger partial charge in [0.15, 0.2) is 0 Å². The molecule has 6 heteroatoms. The van der Waals surface area contributed by atoms with Crippen molar-refractivity contribution < 1.29 is 19.1 Å². The molecule has 3 rings (SSSR count). The van der Waals surface area contributed by atoms with Crippen LogP contribution < -0.4 is 19.7 Å². The number of anilines is 2. The van der Waals surface area contributed by atoms with E-state index < -0.39 is 0 Å². The van der Waals surface area contributed by atoms with Gasteiger partial charge in [-0.2, -0.15) is 0 Å². The van der Waals surface area contributed by atoms with E-state index in [-0.39, 0.29) is 11.8 Å². The number of benzene rings is 2. The number of ether oxygens (including phenoxy) is 2. The summed E-state index contributed by atoms with van der Waals surface area (Å²) in [6.45, 7) is 2.58. The Morgan fingerprint density at radius 1 is 1.16 bits per heavy atom. The Labute approximate surface area is 146 Å². The molecule has 0 saturated carbocycles. The van der Waals surface area contributed by atoms with Gasteiger partial charge in [0.25, 0.3) is 5.91 Å². The number of hydrogen-bond donors (Lipinski definition) is 1. The van der Waals surface area contributed by atoms with Crippen LogP contribution in [-0.2, 0) is 11.2 Å². The van der Waals surface area contributed by atoms with Crippen LogP contribution in [0.15, 0.2) is 36.4 Å². The molecule has 2 aromatic rings. The third-order valence-corrected chi connectivity index (χ3v) is 4.24. The Morgan fingerprint density at radius 2 is 1.84 bits per heavy atom. The number of likely N-dealkylation sites (N-methyl/N-ethyl adjacent to an activating group) is 1. The minimum Gasteiger partial charge on any atom is -0.496 e. The second-order valence-electron chi connectivity index (χ2n) is 5.65. The predicted octanol–water partition coefficient (Wildman–Crippen LogP) is 2.87. The fourth-order valence-corrected chi connectivity index (χ4v) is 3.08.